The molecular weight excluding hydrogens is 292 g/mol. The van der Waals surface area contributed by atoms with E-state index in [-0.39, 0.29) is 11.8 Å². The normalized spacial score (nSPS) is 10.0. The van der Waals surface area contributed by atoms with Crippen molar-refractivity contribution in [1.29, 1.82) is 0 Å². The summed E-state index contributed by atoms with van der Waals surface area (Å²) in [5.74, 6) is 0.310. The van der Waals surface area contributed by atoms with E-state index in [4.69, 9.17) is 4.74 Å². The number of ether oxygens (including phenoxy) is 1. The molecule has 120 valence electrons. The van der Waals surface area contributed by atoms with Gasteiger partial charge in [0.25, 0.3) is 5.91 Å². The molecule has 2 N–H and O–H groups in total. The Hall–Kier alpha value is -2.82. The Kier molecular flexibility index (Phi) is 5.36. The van der Waals surface area contributed by atoms with Gasteiger partial charge in [-0.15, -0.1) is 0 Å². The van der Waals surface area contributed by atoms with Gasteiger partial charge in [0.1, 0.15) is 5.75 Å². The van der Waals surface area contributed by atoms with Gasteiger partial charge in [0.2, 0.25) is 5.91 Å². The Balaban J connectivity index is 2.12. The van der Waals surface area contributed by atoms with Crippen molar-refractivity contribution in [3.8, 4) is 5.75 Å². The zero-order chi connectivity index (χ0) is 16.8. The fourth-order valence-corrected chi connectivity index (χ4v) is 2.07. The van der Waals surface area contributed by atoms with E-state index in [1.54, 1.807) is 38.3 Å². The third-order valence-electron chi connectivity index (χ3n) is 3.36. The van der Waals surface area contributed by atoms with Gasteiger partial charge in [-0.05, 0) is 48.9 Å². The van der Waals surface area contributed by atoms with E-state index in [0.717, 1.165) is 5.56 Å². The lowest BCUT2D eigenvalue weighted by Crippen LogP contribution is -2.13. The predicted octanol–water partition coefficient (Wildman–Crippen LogP) is 3.60. The van der Waals surface area contributed by atoms with Crippen LogP contribution in [0.4, 0.5) is 11.4 Å². The molecular formula is C18H20N2O3. The van der Waals surface area contributed by atoms with Crippen molar-refractivity contribution in [1.82, 2.24) is 0 Å². The maximum absolute atomic E-state index is 12.3. The number of carbonyl (C=O) groups excluding carboxylic acids is 2. The van der Waals surface area contributed by atoms with Crippen molar-refractivity contribution >= 4 is 23.2 Å². The van der Waals surface area contributed by atoms with Crippen molar-refractivity contribution < 1.29 is 14.3 Å². The van der Waals surface area contributed by atoms with Gasteiger partial charge in [-0.2, -0.15) is 0 Å². The summed E-state index contributed by atoms with van der Waals surface area (Å²) in [7, 11) is 1.56. The maximum atomic E-state index is 12.3. The van der Waals surface area contributed by atoms with Crippen LogP contribution >= 0.6 is 0 Å². The van der Waals surface area contributed by atoms with Crippen molar-refractivity contribution in [3.05, 3.63) is 53.6 Å². The SMILES string of the molecule is CCC(=O)Nc1ccc(C(=O)Nc2cc(C)ccc2OC)cc1. The lowest BCUT2D eigenvalue weighted by atomic mass is 10.1. The van der Waals surface area contributed by atoms with Crippen LogP contribution in [0.1, 0.15) is 29.3 Å². The Labute approximate surface area is 135 Å². The second-order valence-corrected chi connectivity index (χ2v) is 5.14. The van der Waals surface area contributed by atoms with E-state index in [1.165, 1.54) is 0 Å². The van der Waals surface area contributed by atoms with E-state index in [0.29, 0.717) is 29.1 Å². The standard InChI is InChI=1S/C18H20N2O3/c1-4-17(21)19-14-8-6-13(7-9-14)18(22)20-15-11-12(2)5-10-16(15)23-3/h5-11H,4H2,1-3H3,(H,19,21)(H,20,22). The number of benzene rings is 2. The van der Waals surface area contributed by atoms with Gasteiger partial charge in [-0.1, -0.05) is 13.0 Å². The minimum absolute atomic E-state index is 0.0632. The number of hydrogen-bond donors (Lipinski definition) is 2. The third-order valence-corrected chi connectivity index (χ3v) is 3.36. The first kappa shape index (κ1) is 16.5. The van der Waals surface area contributed by atoms with Gasteiger partial charge in [-0.25, -0.2) is 0 Å². The summed E-state index contributed by atoms with van der Waals surface area (Å²) in [5, 5.41) is 5.58. The maximum Gasteiger partial charge on any atom is 0.255 e. The monoisotopic (exact) mass is 312 g/mol. The van der Waals surface area contributed by atoms with Gasteiger partial charge in [0.15, 0.2) is 0 Å². The summed E-state index contributed by atoms with van der Waals surface area (Å²) in [6.45, 7) is 3.73. The van der Waals surface area contributed by atoms with E-state index in [2.05, 4.69) is 10.6 Å². The smallest absolute Gasteiger partial charge is 0.255 e. The number of anilines is 2. The molecule has 23 heavy (non-hydrogen) atoms. The molecule has 0 saturated carbocycles. The first-order valence-corrected chi connectivity index (χ1v) is 7.39. The van der Waals surface area contributed by atoms with Gasteiger partial charge in [0, 0.05) is 17.7 Å². The van der Waals surface area contributed by atoms with Crippen LogP contribution in [0.5, 0.6) is 5.75 Å². The second kappa shape index (κ2) is 7.45. The summed E-state index contributed by atoms with van der Waals surface area (Å²) in [4.78, 5) is 23.7. The zero-order valence-corrected chi connectivity index (χ0v) is 13.5. The van der Waals surface area contributed by atoms with Crippen LogP contribution in [0.15, 0.2) is 42.5 Å². The molecule has 0 atom stereocenters. The molecule has 5 heteroatoms. The largest absolute Gasteiger partial charge is 0.495 e. The first-order chi connectivity index (χ1) is 11.0. The highest BCUT2D eigenvalue weighted by molar-refractivity contribution is 6.05. The molecule has 0 fully saturated rings. The quantitative estimate of drug-likeness (QED) is 0.886. The van der Waals surface area contributed by atoms with E-state index < -0.39 is 0 Å². The summed E-state index contributed by atoms with van der Waals surface area (Å²) < 4.78 is 5.25. The topological polar surface area (TPSA) is 67.4 Å². The predicted molar refractivity (Wildman–Crippen MR) is 91.0 cm³/mol. The van der Waals surface area contributed by atoms with Gasteiger partial charge < -0.3 is 15.4 Å². The minimum atomic E-state index is -0.234. The molecule has 0 unspecified atom stereocenters. The average molecular weight is 312 g/mol. The molecule has 0 bridgehead atoms. The summed E-state index contributed by atoms with van der Waals surface area (Å²) in [6.07, 6.45) is 0.412. The Morgan fingerprint density at radius 2 is 1.74 bits per heavy atom. The van der Waals surface area contributed by atoms with E-state index >= 15 is 0 Å². The fourth-order valence-electron chi connectivity index (χ4n) is 2.07. The number of amides is 2. The molecule has 0 spiro atoms. The highest BCUT2D eigenvalue weighted by atomic mass is 16.5. The molecule has 0 heterocycles. The lowest BCUT2D eigenvalue weighted by Gasteiger charge is -2.11. The van der Waals surface area contributed by atoms with Crippen LogP contribution in [0, 0.1) is 6.92 Å². The number of rotatable bonds is 5. The van der Waals surface area contributed by atoms with Crippen molar-refractivity contribution in [2.45, 2.75) is 20.3 Å². The van der Waals surface area contributed by atoms with E-state index in [9.17, 15) is 9.59 Å². The molecule has 0 aliphatic carbocycles. The molecule has 2 aromatic rings. The zero-order valence-electron chi connectivity index (χ0n) is 13.5. The summed E-state index contributed by atoms with van der Waals surface area (Å²) in [5.41, 5.74) is 2.82. The summed E-state index contributed by atoms with van der Waals surface area (Å²) >= 11 is 0. The van der Waals surface area contributed by atoms with Gasteiger partial charge >= 0.3 is 0 Å². The third kappa shape index (κ3) is 4.32. The number of nitrogens with one attached hydrogen (secondary N) is 2. The molecule has 0 radical (unpaired) electrons. The highest BCUT2D eigenvalue weighted by Crippen LogP contribution is 2.25. The molecule has 2 aromatic carbocycles. The van der Waals surface area contributed by atoms with Crippen molar-refractivity contribution in [2.24, 2.45) is 0 Å². The molecule has 0 aliphatic rings. The van der Waals surface area contributed by atoms with Crippen LogP contribution in [0.25, 0.3) is 0 Å². The van der Waals surface area contributed by atoms with Gasteiger partial charge in [0.05, 0.1) is 12.8 Å². The number of methoxy groups -OCH3 is 1. The van der Waals surface area contributed by atoms with Gasteiger partial charge in [-0.3, -0.25) is 9.59 Å². The first-order valence-electron chi connectivity index (χ1n) is 7.39. The van der Waals surface area contributed by atoms with E-state index in [1.807, 2.05) is 25.1 Å². The number of aryl methyl sites for hydroxylation is 1. The Bertz CT molecular complexity index is 709. The Morgan fingerprint density at radius 1 is 1.04 bits per heavy atom. The van der Waals surface area contributed by atoms with Crippen LogP contribution in [0.3, 0.4) is 0 Å². The molecule has 2 amide bonds. The Morgan fingerprint density at radius 3 is 2.35 bits per heavy atom. The number of carbonyl (C=O) groups is 2. The molecule has 5 nitrogen and oxygen atoms in total. The molecule has 2 rings (SSSR count). The molecule has 0 aliphatic heterocycles. The van der Waals surface area contributed by atoms with Crippen LogP contribution in [0.2, 0.25) is 0 Å². The average Bonchev–Trinajstić information content (AvgIpc) is 2.55. The summed E-state index contributed by atoms with van der Waals surface area (Å²) in [6, 6.07) is 12.3. The minimum Gasteiger partial charge on any atom is -0.495 e. The van der Waals surface area contributed by atoms with Crippen molar-refractivity contribution in [2.75, 3.05) is 17.7 Å². The lowest BCUT2D eigenvalue weighted by molar-refractivity contribution is -0.115. The van der Waals surface area contributed by atoms with Crippen molar-refractivity contribution in [3.63, 3.8) is 0 Å². The second-order valence-electron chi connectivity index (χ2n) is 5.14. The van der Waals surface area contributed by atoms with Crippen LogP contribution < -0.4 is 15.4 Å². The molecule has 0 aromatic heterocycles. The molecule has 0 saturated heterocycles. The highest BCUT2D eigenvalue weighted by Gasteiger charge is 2.10. The van der Waals surface area contributed by atoms with Crippen LogP contribution in [-0.4, -0.2) is 18.9 Å². The number of hydrogen-bond acceptors (Lipinski definition) is 3. The van der Waals surface area contributed by atoms with Crippen LogP contribution in [-0.2, 0) is 4.79 Å². The fraction of sp³-hybridized carbons (Fsp3) is 0.222.